The number of anilines is 1. The molecule has 0 saturated heterocycles. The first kappa shape index (κ1) is 15.4. The maximum absolute atomic E-state index is 12.3. The first-order valence-corrected chi connectivity index (χ1v) is 7.96. The van der Waals surface area contributed by atoms with Gasteiger partial charge in [0.2, 0.25) is 5.89 Å². The quantitative estimate of drug-likeness (QED) is 0.577. The molecule has 0 unspecified atom stereocenters. The van der Waals surface area contributed by atoms with Crippen molar-refractivity contribution < 1.29 is 9.21 Å². The Morgan fingerprint density at radius 2 is 1.88 bits per heavy atom. The number of rotatable bonds is 3. The minimum Gasteiger partial charge on any atom is -0.434 e. The summed E-state index contributed by atoms with van der Waals surface area (Å²) in [7, 11) is 0. The highest BCUT2D eigenvalue weighted by Gasteiger charge is 2.11. The second kappa shape index (κ2) is 6.37. The SMILES string of the molecule is O=C(Nc1cccc(-c2nc3ncccc3o2)c1)c1ccc(Cl)cc1. The van der Waals surface area contributed by atoms with Gasteiger partial charge >= 0.3 is 0 Å². The molecule has 0 aliphatic carbocycles. The molecule has 0 spiro atoms. The number of carbonyl (C=O) groups is 1. The molecule has 1 amide bonds. The van der Waals surface area contributed by atoms with E-state index < -0.39 is 0 Å². The molecule has 2 aromatic heterocycles. The van der Waals surface area contributed by atoms with Gasteiger partial charge in [-0.3, -0.25) is 4.79 Å². The first-order chi connectivity index (χ1) is 12.2. The van der Waals surface area contributed by atoms with E-state index in [-0.39, 0.29) is 5.91 Å². The fraction of sp³-hybridized carbons (Fsp3) is 0. The van der Waals surface area contributed by atoms with Crippen LogP contribution in [0.5, 0.6) is 0 Å². The number of hydrogen-bond donors (Lipinski definition) is 1. The summed E-state index contributed by atoms with van der Waals surface area (Å²) >= 11 is 5.84. The number of halogens is 1. The normalized spacial score (nSPS) is 10.8. The minimum atomic E-state index is -0.215. The molecule has 1 N–H and O–H groups in total. The Labute approximate surface area is 148 Å². The lowest BCUT2D eigenvalue weighted by atomic mass is 10.1. The van der Waals surface area contributed by atoms with Gasteiger partial charge in [-0.05, 0) is 54.6 Å². The van der Waals surface area contributed by atoms with Crippen molar-refractivity contribution in [2.45, 2.75) is 0 Å². The predicted octanol–water partition coefficient (Wildman–Crippen LogP) is 4.80. The number of aromatic nitrogens is 2. The molecule has 2 heterocycles. The smallest absolute Gasteiger partial charge is 0.255 e. The van der Waals surface area contributed by atoms with Gasteiger partial charge in [0.25, 0.3) is 5.91 Å². The van der Waals surface area contributed by atoms with Gasteiger partial charge in [0.15, 0.2) is 11.2 Å². The summed E-state index contributed by atoms with van der Waals surface area (Å²) in [5.41, 5.74) is 3.10. The Morgan fingerprint density at radius 1 is 1.04 bits per heavy atom. The van der Waals surface area contributed by atoms with Crippen LogP contribution in [0.2, 0.25) is 5.02 Å². The molecule has 0 aliphatic rings. The summed E-state index contributed by atoms with van der Waals surface area (Å²) in [6.07, 6.45) is 1.66. The number of nitrogens with zero attached hydrogens (tertiary/aromatic N) is 2. The summed E-state index contributed by atoms with van der Waals surface area (Å²) in [4.78, 5) is 20.8. The predicted molar refractivity (Wildman–Crippen MR) is 96.6 cm³/mol. The van der Waals surface area contributed by atoms with Gasteiger partial charge in [0.05, 0.1) is 0 Å². The van der Waals surface area contributed by atoms with Crippen molar-refractivity contribution in [1.82, 2.24) is 9.97 Å². The molecule has 0 fully saturated rings. The van der Waals surface area contributed by atoms with Crippen molar-refractivity contribution in [1.29, 1.82) is 0 Å². The van der Waals surface area contributed by atoms with E-state index >= 15 is 0 Å². The van der Waals surface area contributed by atoms with Crippen LogP contribution in [0.1, 0.15) is 10.4 Å². The van der Waals surface area contributed by atoms with E-state index in [0.29, 0.717) is 33.4 Å². The highest BCUT2D eigenvalue weighted by atomic mass is 35.5. The summed E-state index contributed by atoms with van der Waals surface area (Å²) < 4.78 is 5.71. The van der Waals surface area contributed by atoms with Crippen molar-refractivity contribution >= 4 is 34.4 Å². The highest BCUT2D eigenvalue weighted by Crippen LogP contribution is 2.25. The lowest BCUT2D eigenvalue weighted by Crippen LogP contribution is -2.11. The third kappa shape index (κ3) is 3.22. The second-order valence-corrected chi connectivity index (χ2v) is 5.82. The molecule has 0 saturated carbocycles. The van der Waals surface area contributed by atoms with Gasteiger partial charge in [-0.1, -0.05) is 17.7 Å². The number of nitrogens with one attached hydrogen (secondary N) is 1. The Kier molecular flexibility index (Phi) is 3.91. The largest absolute Gasteiger partial charge is 0.434 e. The molecule has 122 valence electrons. The number of oxazole rings is 1. The molecule has 2 aromatic carbocycles. The Bertz CT molecular complexity index is 1020. The standard InChI is InChI=1S/C19H12ClN3O2/c20-14-8-6-12(7-9-14)18(24)22-15-4-1-3-13(11-15)19-23-17-16(25-19)5-2-10-21-17/h1-11H,(H,22,24). The third-order valence-corrected chi connectivity index (χ3v) is 3.89. The summed E-state index contributed by atoms with van der Waals surface area (Å²) in [5.74, 6) is 0.240. The van der Waals surface area contributed by atoms with Gasteiger partial charge in [0.1, 0.15) is 0 Å². The molecule has 0 aliphatic heterocycles. The molecule has 5 nitrogen and oxygen atoms in total. The van der Waals surface area contributed by atoms with Crippen molar-refractivity contribution in [3.8, 4) is 11.5 Å². The van der Waals surface area contributed by atoms with E-state index in [1.807, 2.05) is 18.2 Å². The number of pyridine rings is 1. The van der Waals surface area contributed by atoms with Crippen LogP contribution in [0.3, 0.4) is 0 Å². The van der Waals surface area contributed by atoms with Crippen LogP contribution in [-0.2, 0) is 0 Å². The second-order valence-electron chi connectivity index (χ2n) is 5.39. The van der Waals surface area contributed by atoms with Crippen molar-refractivity contribution in [3.63, 3.8) is 0 Å². The number of hydrogen-bond acceptors (Lipinski definition) is 4. The van der Waals surface area contributed by atoms with Crippen LogP contribution in [0.4, 0.5) is 5.69 Å². The number of carbonyl (C=O) groups excluding carboxylic acids is 1. The van der Waals surface area contributed by atoms with E-state index in [2.05, 4.69) is 15.3 Å². The van der Waals surface area contributed by atoms with Crippen LogP contribution < -0.4 is 5.32 Å². The maximum atomic E-state index is 12.3. The van der Waals surface area contributed by atoms with Gasteiger partial charge in [-0.15, -0.1) is 0 Å². The average molecular weight is 350 g/mol. The van der Waals surface area contributed by atoms with Crippen LogP contribution in [-0.4, -0.2) is 15.9 Å². The molecule has 4 rings (SSSR count). The Morgan fingerprint density at radius 3 is 2.68 bits per heavy atom. The van der Waals surface area contributed by atoms with Crippen LogP contribution in [0.15, 0.2) is 71.3 Å². The summed E-state index contributed by atoms with van der Waals surface area (Å²) in [6.45, 7) is 0. The lowest BCUT2D eigenvalue weighted by molar-refractivity contribution is 0.102. The van der Waals surface area contributed by atoms with E-state index in [4.69, 9.17) is 16.0 Å². The lowest BCUT2D eigenvalue weighted by Gasteiger charge is -2.06. The zero-order valence-corrected chi connectivity index (χ0v) is 13.7. The van der Waals surface area contributed by atoms with Gasteiger partial charge < -0.3 is 9.73 Å². The first-order valence-electron chi connectivity index (χ1n) is 7.58. The number of amides is 1. The van der Waals surface area contributed by atoms with Crippen LogP contribution in [0.25, 0.3) is 22.7 Å². The number of fused-ring (bicyclic) bond motifs is 1. The van der Waals surface area contributed by atoms with E-state index in [9.17, 15) is 4.79 Å². The minimum absolute atomic E-state index is 0.215. The van der Waals surface area contributed by atoms with E-state index in [0.717, 1.165) is 5.56 Å². The Hall–Kier alpha value is -3.18. The van der Waals surface area contributed by atoms with Crippen molar-refractivity contribution in [2.75, 3.05) is 5.32 Å². The highest BCUT2D eigenvalue weighted by molar-refractivity contribution is 6.30. The summed E-state index contributed by atoms with van der Waals surface area (Å²) in [6, 6.07) is 17.6. The molecular formula is C19H12ClN3O2. The van der Waals surface area contributed by atoms with Crippen molar-refractivity contribution in [2.24, 2.45) is 0 Å². The monoisotopic (exact) mass is 349 g/mol. The van der Waals surface area contributed by atoms with Crippen LogP contribution in [0, 0.1) is 0 Å². The average Bonchev–Trinajstić information content (AvgIpc) is 3.07. The number of benzene rings is 2. The third-order valence-electron chi connectivity index (χ3n) is 3.64. The molecule has 4 aromatic rings. The molecular weight excluding hydrogens is 338 g/mol. The molecule has 0 radical (unpaired) electrons. The topological polar surface area (TPSA) is 68.0 Å². The van der Waals surface area contributed by atoms with E-state index in [1.54, 1.807) is 48.7 Å². The fourth-order valence-electron chi connectivity index (χ4n) is 2.43. The van der Waals surface area contributed by atoms with Gasteiger partial charge in [-0.25, -0.2) is 4.98 Å². The fourth-order valence-corrected chi connectivity index (χ4v) is 2.55. The molecule has 6 heteroatoms. The molecule has 0 atom stereocenters. The molecule has 25 heavy (non-hydrogen) atoms. The van der Waals surface area contributed by atoms with E-state index in [1.165, 1.54) is 0 Å². The van der Waals surface area contributed by atoms with Crippen molar-refractivity contribution in [3.05, 3.63) is 77.4 Å². The molecule has 0 bridgehead atoms. The maximum Gasteiger partial charge on any atom is 0.255 e. The summed E-state index contributed by atoms with van der Waals surface area (Å²) in [5, 5.41) is 3.44. The van der Waals surface area contributed by atoms with Gasteiger partial charge in [-0.2, -0.15) is 4.98 Å². The Balaban J connectivity index is 1.60. The zero-order chi connectivity index (χ0) is 17.2. The van der Waals surface area contributed by atoms with Crippen LogP contribution >= 0.6 is 11.6 Å². The zero-order valence-electron chi connectivity index (χ0n) is 12.9. The van der Waals surface area contributed by atoms with Gasteiger partial charge in [0, 0.05) is 28.0 Å².